The number of rotatable bonds is 2. The van der Waals surface area contributed by atoms with Gasteiger partial charge in [-0.1, -0.05) is 119 Å². The van der Waals surface area contributed by atoms with Gasteiger partial charge in [-0.2, -0.15) is 0 Å². The minimum atomic E-state index is 0. The van der Waals surface area contributed by atoms with E-state index in [1.807, 2.05) is 0 Å². The molecule has 0 aliphatic rings. The van der Waals surface area contributed by atoms with Gasteiger partial charge in [-0.05, 0) is 61.5 Å². The molecular weight excluding hydrogens is 371 g/mol. The predicted molar refractivity (Wildman–Crippen MR) is 132 cm³/mol. The van der Waals surface area contributed by atoms with Crippen LogP contribution in [0.3, 0.4) is 0 Å². The van der Waals surface area contributed by atoms with Crippen molar-refractivity contribution >= 4 is 0 Å². The SMILES string of the molecule is CC(C)(C)c1cc(Cc2cc(C(C)(C)C)cc(C(C)(C)C)c2)cc(C(C)(C)C)c1.[H-].[Na+]. The molecule has 30 heavy (non-hydrogen) atoms. The average Bonchev–Trinajstić information content (AvgIpc) is 2.51. The molecule has 0 amide bonds. The fourth-order valence-corrected chi connectivity index (χ4v) is 3.56. The van der Waals surface area contributed by atoms with Crippen LogP contribution in [0.4, 0.5) is 0 Å². The first-order valence-corrected chi connectivity index (χ1v) is 11.2. The molecule has 0 aliphatic heterocycles. The van der Waals surface area contributed by atoms with Crippen LogP contribution in [0, 0.1) is 0 Å². The predicted octanol–water partition coefficient (Wildman–Crippen LogP) is 5.58. The summed E-state index contributed by atoms with van der Waals surface area (Å²) >= 11 is 0. The molecule has 0 radical (unpaired) electrons. The van der Waals surface area contributed by atoms with Crippen molar-refractivity contribution in [2.24, 2.45) is 0 Å². The second-order valence-corrected chi connectivity index (χ2v) is 13.0. The quantitative estimate of drug-likeness (QED) is 0.560. The van der Waals surface area contributed by atoms with Crippen LogP contribution in [0.2, 0.25) is 0 Å². The molecule has 0 spiro atoms. The van der Waals surface area contributed by atoms with E-state index in [0.29, 0.717) is 0 Å². The molecule has 0 fully saturated rings. The molecule has 1 heteroatoms. The smallest absolute Gasteiger partial charge is 1.00 e. The second kappa shape index (κ2) is 9.13. The molecule has 0 N–H and O–H groups in total. The van der Waals surface area contributed by atoms with Gasteiger partial charge >= 0.3 is 29.6 Å². The van der Waals surface area contributed by atoms with Crippen LogP contribution in [0.25, 0.3) is 0 Å². The van der Waals surface area contributed by atoms with E-state index in [-0.39, 0.29) is 52.6 Å². The Morgan fingerprint density at radius 2 is 0.633 bits per heavy atom. The van der Waals surface area contributed by atoms with Crippen molar-refractivity contribution in [2.45, 2.75) is 111 Å². The van der Waals surface area contributed by atoms with Gasteiger partial charge in [-0.15, -0.1) is 0 Å². The maximum atomic E-state index is 2.43. The number of hydrogen-bond acceptors (Lipinski definition) is 0. The third-order valence-corrected chi connectivity index (χ3v) is 5.86. The van der Waals surface area contributed by atoms with Crippen LogP contribution in [0.1, 0.15) is 118 Å². The summed E-state index contributed by atoms with van der Waals surface area (Å²) in [6, 6.07) is 14.5. The van der Waals surface area contributed by atoms with Gasteiger partial charge < -0.3 is 1.43 Å². The van der Waals surface area contributed by atoms with Gasteiger partial charge in [0.1, 0.15) is 0 Å². The van der Waals surface area contributed by atoms with E-state index in [1.165, 1.54) is 33.4 Å². The maximum Gasteiger partial charge on any atom is 1.00 e. The molecule has 0 aliphatic carbocycles. The Balaban J connectivity index is 0.00000450. The Labute approximate surface area is 211 Å². The van der Waals surface area contributed by atoms with E-state index >= 15 is 0 Å². The normalized spacial score (nSPS) is 13.2. The molecule has 0 bridgehead atoms. The minimum absolute atomic E-state index is 0. The van der Waals surface area contributed by atoms with Gasteiger partial charge in [-0.25, -0.2) is 0 Å². The van der Waals surface area contributed by atoms with Crippen molar-refractivity contribution in [1.29, 1.82) is 0 Å². The number of benzene rings is 2. The molecule has 0 unspecified atom stereocenters. The zero-order chi connectivity index (χ0) is 22.4. The van der Waals surface area contributed by atoms with Crippen LogP contribution in [-0.4, -0.2) is 0 Å². The maximum absolute atomic E-state index is 2.43. The summed E-state index contributed by atoms with van der Waals surface area (Å²) in [5, 5.41) is 0. The van der Waals surface area contributed by atoms with E-state index in [4.69, 9.17) is 0 Å². The third kappa shape index (κ3) is 7.25. The van der Waals surface area contributed by atoms with Gasteiger partial charge in [0, 0.05) is 0 Å². The van der Waals surface area contributed by atoms with Crippen LogP contribution in [0.15, 0.2) is 36.4 Å². The van der Waals surface area contributed by atoms with Gasteiger partial charge in [0.25, 0.3) is 0 Å². The zero-order valence-corrected chi connectivity index (χ0v) is 24.2. The third-order valence-electron chi connectivity index (χ3n) is 5.86. The molecule has 0 saturated heterocycles. The zero-order valence-electron chi connectivity index (χ0n) is 23.2. The second-order valence-electron chi connectivity index (χ2n) is 13.0. The first kappa shape index (κ1) is 27.5. The van der Waals surface area contributed by atoms with E-state index in [0.717, 1.165) is 6.42 Å². The monoisotopic (exact) mass is 416 g/mol. The Hall–Kier alpha value is -0.560. The van der Waals surface area contributed by atoms with E-state index < -0.39 is 0 Å². The van der Waals surface area contributed by atoms with Crippen LogP contribution in [0.5, 0.6) is 0 Å². The molecule has 2 rings (SSSR count). The summed E-state index contributed by atoms with van der Waals surface area (Å²) in [5.74, 6) is 0. The number of hydrogen-bond donors (Lipinski definition) is 0. The largest absolute Gasteiger partial charge is 1.00 e. The van der Waals surface area contributed by atoms with Gasteiger partial charge in [-0.3, -0.25) is 0 Å². The Morgan fingerprint density at radius 3 is 0.800 bits per heavy atom. The fourth-order valence-electron chi connectivity index (χ4n) is 3.56. The van der Waals surface area contributed by atoms with E-state index in [1.54, 1.807) is 0 Å². The van der Waals surface area contributed by atoms with E-state index in [9.17, 15) is 0 Å². The van der Waals surface area contributed by atoms with Gasteiger partial charge in [0.05, 0.1) is 0 Å². The first-order valence-electron chi connectivity index (χ1n) is 11.2. The molecule has 0 atom stereocenters. The first-order chi connectivity index (χ1) is 12.9. The molecule has 162 valence electrons. The standard InChI is InChI=1S/C29H44.Na.H/c1-26(2,3)22-14-20(15-23(18-22)27(4,5)6)13-21-16-24(28(7,8)9)19-25(17-21)29(10,11)12;;/h14-19H,13H2,1-12H3;;/q;+1;-1. The molecule has 0 heterocycles. The fraction of sp³-hybridized carbons (Fsp3) is 0.586. The summed E-state index contributed by atoms with van der Waals surface area (Å²) in [6.07, 6.45) is 0.986. The van der Waals surface area contributed by atoms with Gasteiger partial charge in [0.2, 0.25) is 0 Å². The molecule has 0 nitrogen and oxygen atoms in total. The minimum Gasteiger partial charge on any atom is -1.00 e. The van der Waals surface area contributed by atoms with E-state index in [2.05, 4.69) is 119 Å². The summed E-state index contributed by atoms with van der Waals surface area (Å²) < 4.78 is 0. The van der Waals surface area contributed by atoms with Crippen molar-refractivity contribution in [1.82, 2.24) is 0 Å². The van der Waals surface area contributed by atoms with Crippen LogP contribution in [-0.2, 0) is 28.1 Å². The van der Waals surface area contributed by atoms with Crippen molar-refractivity contribution in [3.63, 3.8) is 0 Å². The molecule has 2 aromatic carbocycles. The Bertz CT molecular complexity index is 728. The van der Waals surface area contributed by atoms with Crippen LogP contribution < -0.4 is 29.6 Å². The van der Waals surface area contributed by atoms with Crippen molar-refractivity contribution < 1.29 is 31.0 Å². The molecule has 2 aromatic rings. The Morgan fingerprint density at radius 1 is 0.433 bits per heavy atom. The molecule has 0 aromatic heterocycles. The van der Waals surface area contributed by atoms with Crippen LogP contribution >= 0.6 is 0 Å². The summed E-state index contributed by atoms with van der Waals surface area (Å²) in [5.41, 5.74) is 9.19. The topological polar surface area (TPSA) is 0 Å². The van der Waals surface area contributed by atoms with Crippen molar-refractivity contribution in [3.05, 3.63) is 69.8 Å². The summed E-state index contributed by atoms with van der Waals surface area (Å²) in [7, 11) is 0. The molecule has 0 saturated carbocycles. The van der Waals surface area contributed by atoms with Gasteiger partial charge in [0.15, 0.2) is 0 Å². The van der Waals surface area contributed by atoms with Crippen molar-refractivity contribution in [3.8, 4) is 0 Å². The summed E-state index contributed by atoms with van der Waals surface area (Å²) in [6.45, 7) is 27.8. The molecular formula is C29H45Na. The Kier molecular flexibility index (Phi) is 8.36. The average molecular weight is 417 g/mol. The summed E-state index contributed by atoms with van der Waals surface area (Å²) in [4.78, 5) is 0. The van der Waals surface area contributed by atoms with Crippen molar-refractivity contribution in [2.75, 3.05) is 0 Å².